The summed E-state index contributed by atoms with van der Waals surface area (Å²) in [6.45, 7) is 8.90. The van der Waals surface area contributed by atoms with Crippen LogP contribution in [0.3, 0.4) is 0 Å². The van der Waals surface area contributed by atoms with Gasteiger partial charge in [0.1, 0.15) is 11.1 Å². The number of piperazine rings is 1. The van der Waals surface area contributed by atoms with E-state index in [4.69, 9.17) is 9.15 Å². The van der Waals surface area contributed by atoms with Crippen LogP contribution in [0.2, 0.25) is 0 Å². The number of para-hydroxylation sites is 1. The van der Waals surface area contributed by atoms with Gasteiger partial charge in [0.25, 0.3) is 6.01 Å². The number of ether oxygens (including phenoxy) is 1. The Kier molecular flexibility index (Phi) is 6.13. The molecule has 0 radical (unpaired) electrons. The normalized spacial score (nSPS) is 17.6. The van der Waals surface area contributed by atoms with Crippen LogP contribution in [0.5, 0.6) is 0 Å². The SMILES string of the molecule is CC1CN(c2nc3c(C(=O)[O-])cccc3o2)CCN1C(=O)OC(C)(C)C.[Li+]. The Morgan fingerprint density at radius 1 is 1.30 bits per heavy atom. The van der Waals surface area contributed by atoms with Crippen LogP contribution < -0.4 is 28.9 Å². The Morgan fingerprint density at radius 3 is 2.59 bits per heavy atom. The molecule has 1 unspecified atom stereocenters. The fraction of sp³-hybridized carbons (Fsp3) is 0.500. The molecule has 1 aliphatic heterocycles. The van der Waals surface area contributed by atoms with Gasteiger partial charge in [0.05, 0.1) is 5.97 Å². The molecule has 0 spiro atoms. The third-order valence-corrected chi connectivity index (χ3v) is 4.15. The van der Waals surface area contributed by atoms with Gasteiger partial charge >= 0.3 is 25.0 Å². The summed E-state index contributed by atoms with van der Waals surface area (Å²) >= 11 is 0. The van der Waals surface area contributed by atoms with Crippen LogP contribution in [0.1, 0.15) is 38.1 Å². The second-order valence-corrected chi connectivity index (χ2v) is 7.40. The van der Waals surface area contributed by atoms with E-state index in [0.717, 1.165) is 0 Å². The molecule has 1 amide bonds. The Bertz CT molecular complexity index is 845. The number of hydrogen-bond donors (Lipinski definition) is 0. The molecule has 1 fully saturated rings. The maximum atomic E-state index is 12.3. The van der Waals surface area contributed by atoms with Crippen LogP contribution in [0.4, 0.5) is 10.8 Å². The van der Waals surface area contributed by atoms with Crippen LogP contribution >= 0.6 is 0 Å². The minimum atomic E-state index is -1.29. The molecule has 1 atom stereocenters. The van der Waals surface area contributed by atoms with Crippen LogP contribution in [0.15, 0.2) is 22.6 Å². The number of nitrogens with zero attached hydrogens (tertiary/aromatic N) is 3. The quantitative estimate of drug-likeness (QED) is 0.605. The Morgan fingerprint density at radius 2 is 2.00 bits per heavy atom. The van der Waals surface area contributed by atoms with E-state index in [-0.39, 0.29) is 42.1 Å². The summed E-state index contributed by atoms with van der Waals surface area (Å²) in [5.41, 5.74) is 0.113. The molecule has 3 rings (SSSR count). The van der Waals surface area contributed by atoms with Gasteiger partial charge in [0, 0.05) is 31.2 Å². The van der Waals surface area contributed by atoms with Gasteiger partial charge in [0.2, 0.25) is 0 Å². The molecule has 2 heterocycles. The molecule has 0 N–H and O–H groups in total. The molecule has 1 aliphatic rings. The maximum absolute atomic E-state index is 12.3. The van der Waals surface area contributed by atoms with Gasteiger partial charge in [-0.05, 0) is 33.8 Å². The number of aromatic carboxylic acids is 1. The smallest absolute Gasteiger partial charge is 0.545 e. The summed E-state index contributed by atoms with van der Waals surface area (Å²) < 4.78 is 11.1. The Balaban J connectivity index is 0.00000261. The van der Waals surface area contributed by atoms with Crippen LogP contribution in [-0.2, 0) is 4.74 Å². The first kappa shape index (κ1) is 21.1. The molecular formula is C18H22LiN3O5. The van der Waals surface area contributed by atoms with Gasteiger partial charge in [-0.15, -0.1) is 0 Å². The van der Waals surface area contributed by atoms with E-state index in [2.05, 4.69) is 4.98 Å². The van der Waals surface area contributed by atoms with Crippen molar-refractivity contribution in [3.63, 3.8) is 0 Å². The predicted molar refractivity (Wildman–Crippen MR) is 93.0 cm³/mol. The molecule has 1 aromatic heterocycles. The number of amides is 1. The maximum Gasteiger partial charge on any atom is 1.00 e. The first-order valence-corrected chi connectivity index (χ1v) is 8.51. The van der Waals surface area contributed by atoms with Crippen molar-refractivity contribution in [1.29, 1.82) is 0 Å². The number of aromatic nitrogens is 1. The summed E-state index contributed by atoms with van der Waals surface area (Å²) in [7, 11) is 0. The molecule has 9 heteroatoms. The van der Waals surface area contributed by atoms with Crippen molar-refractivity contribution in [2.75, 3.05) is 24.5 Å². The molecule has 1 saturated heterocycles. The number of anilines is 1. The third-order valence-electron chi connectivity index (χ3n) is 4.15. The molecule has 0 bridgehead atoms. The van der Waals surface area contributed by atoms with Crippen LogP contribution in [-0.4, -0.2) is 53.2 Å². The van der Waals surface area contributed by atoms with E-state index in [1.807, 2.05) is 32.6 Å². The second-order valence-electron chi connectivity index (χ2n) is 7.40. The number of rotatable bonds is 2. The summed E-state index contributed by atoms with van der Waals surface area (Å²) in [6, 6.07) is 4.93. The number of carboxylic acids is 1. The predicted octanol–water partition coefficient (Wildman–Crippen LogP) is -1.36. The number of carboxylic acid groups (broad SMARTS) is 1. The minimum absolute atomic E-state index is 0. The van der Waals surface area contributed by atoms with Crippen molar-refractivity contribution in [3.8, 4) is 0 Å². The van der Waals surface area contributed by atoms with Gasteiger partial charge < -0.3 is 28.9 Å². The first-order chi connectivity index (χ1) is 12.2. The van der Waals surface area contributed by atoms with Crippen molar-refractivity contribution in [1.82, 2.24) is 9.88 Å². The second kappa shape index (κ2) is 7.83. The molecule has 2 aromatic rings. The zero-order chi connectivity index (χ0) is 19.1. The number of carbonyl (C=O) groups is 2. The molecule has 8 nitrogen and oxygen atoms in total. The zero-order valence-electron chi connectivity index (χ0n) is 16.3. The number of carbonyl (C=O) groups excluding carboxylic acids is 2. The standard InChI is InChI=1S/C18H23N3O5.Li/c1-11-10-20(8-9-21(11)17(24)26-18(2,3)4)16-19-14-12(15(22)23)6-5-7-13(14)25-16;/h5-7,11H,8-10H2,1-4H3,(H,22,23);/q;+1/p-1. The van der Waals surface area contributed by atoms with E-state index in [9.17, 15) is 14.7 Å². The van der Waals surface area contributed by atoms with Crippen molar-refractivity contribution >= 4 is 29.2 Å². The molecule has 0 aliphatic carbocycles. The summed E-state index contributed by atoms with van der Waals surface area (Å²) in [4.78, 5) is 31.4. The van der Waals surface area contributed by atoms with Crippen molar-refractivity contribution in [3.05, 3.63) is 23.8 Å². The number of benzene rings is 1. The summed E-state index contributed by atoms with van der Waals surface area (Å²) in [6.07, 6.45) is -0.346. The topological polar surface area (TPSA) is 98.9 Å². The average molecular weight is 367 g/mol. The molecule has 140 valence electrons. The van der Waals surface area contributed by atoms with Crippen molar-refractivity contribution < 1.29 is 42.7 Å². The first-order valence-electron chi connectivity index (χ1n) is 8.51. The number of fused-ring (bicyclic) bond motifs is 1. The Hall–Kier alpha value is -2.17. The van der Waals surface area contributed by atoms with Gasteiger partial charge in [-0.2, -0.15) is 4.98 Å². The van der Waals surface area contributed by atoms with E-state index < -0.39 is 11.6 Å². The number of oxazole rings is 1. The van der Waals surface area contributed by atoms with E-state index >= 15 is 0 Å². The number of hydrogen-bond acceptors (Lipinski definition) is 7. The monoisotopic (exact) mass is 367 g/mol. The third kappa shape index (κ3) is 4.57. The van der Waals surface area contributed by atoms with Crippen molar-refractivity contribution in [2.45, 2.75) is 39.3 Å². The van der Waals surface area contributed by atoms with E-state index in [0.29, 0.717) is 31.2 Å². The van der Waals surface area contributed by atoms with Gasteiger partial charge in [-0.25, -0.2) is 4.79 Å². The molecule has 1 aromatic carbocycles. The molecule has 0 saturated carbocycles. The largest absolute Gasteiger partial charge is 1.00 e. The van der Waals surface area contributed by atoms with E-state index in [1.165, 1.54) is 6.07 Å². The fourth-order valence-corrected chi connectivity index (χ4v) is 2.96. The fourth-order valence-electron chi connectivity index (χ4n) is 2.96. The Labute approximate surface area is 169 Å². The van der Waals surface area contributed by atoms with Gasteiger partial charge in [0.15, 0.2) is 5.58 Å². The molecule has 27 heavy (non-hydrogen) atoms. The van der Waals surface area contributed by atoms with Gasteiger partial charge in [-0.1, -0.05) is 12.1 Å². The van der Waals surface area contributed by atoms with Crippen LogP contribution in [0, 0.1) is 0 Å². The van der Waals surface area contributed by atoms with Crippen LogP contribution in [0.25, 0.3) is 11.1 Å². The average Bonchev–Trinajstić information content (AvgIpc) is 2.96. The minimum Gasteiger partial charge on any atom is -0.545 e. The van der Waals surface area contributed by atoms with Gasteiger partial charge in [-0.3, -0.25) is 0 Å². The van der Waals surface area contributed by atoms with E-state index in [1.54, 1.807) is 17.0 Å². The zero-order valence-corrected chi connectivity index (χ0v) is 16.3. The summed E-state index contributed by atoms with van der Waals surface area (Å²) in [5.74, 6) is -1.29. The summed E-state index contributed by atoms with van der Waals surface area (Å²) in [5, 5.41) is 11.2. The molecular weight excluding hydrogens is 345 g/mol. The van der Waals surface area contributed by atoms with Crippen molar-refractivity contribution in [2.24, 2.45) is 0 Å².